The minimum Gasteiger partial charge on any atom is -0.336 e. The van der Waals surface area contributed by atoms with Crippen molar-refractivity contribution in [2.45, 2.75) is 133 Å². The van der Waals surface area contributed by atoms with E-state index in [0.29, 0.717) is 41.1 Å². The number of aromatic nitrogens is 4. The summed E-state index contributed by atoms with van der Waals surface area (Å²) in [6, 6.07) is -5.97. The number of hydrogen-bond donors (Lipinski definition) is 0. The van der Waals surface area contributed by atoms with E-state index < -0.39 is 294 Å². The van der Waals surface area contributed by atoms with Crippen molar-refractivity contribution in [3.8, 4) is 22.3 Å². The molecule has 10 rings (SSSR count). The highest BCUT2D eigenvalue weighted by Crippen LogP contribution is 2.35. The molecule has 0 saturated carbocycles. The van der Waals surface area contributed by atoms with Crippen LogP contribution in [-0.2, 0) is 78.4 Å². The largest absolute Gasteiger partial charge is 0.416 e. The van der Waals surface area contributed by atoms with Crippen LogP contribution in [0, 0.1) is 17.5 Å². The molecule has 0 saturated heterocycles. The third-order valence-corrected chi connectivity index (χ3v) is 15.6. The van der Waals surface area contributed by atoms with E-state index in [1.54, 1.807) is 0 Å². The van der Waals surface area contributed by atoms with Crippen LogP contribution < -0.4 is 11.1 Å². The van der Waals surface area contributed by atoms with Gasteiger partial charge in [-0.05, 0) is 164 Å². The van der Waals surface area contributed by atoms with Gasteiger partial charge in [-0.15, -0.1) is 0 Å². The fourth-order valence-corrected chi connectivity index (χ4v) is 10.6. The lowest BCUT2D eigenvalue weighted by Gasteiger charge is -2.33. The van der Waals surface area contributed by atoms with Crippen molar-refractivity contribution in [3.05, 3.63) is 234 Å². The first-order valence-electron chi connectivity index (χ1n) is 46.6. The SMILES string of the molecule is [2H]C([2H])(Sc1nc(=O)c2c(n1C([2H])([2H])C(=O)N(CCN(C([2H])([2H])C)C([2H])([2H])C)C([2H])(C)c1ccc(-c3ccc(C(F)(F)F)cc3)cc1)CCC2)c1ccc(F)cc1.[2H]c1c([2H])c(C([2H])([2H])Sc2nc(=O)c3c(n2C([2H])([2H])C(=O)N(CCN(C([2H])([2H])C)C([2H])([2H])C)C([2H])([2H])c2c([2H])c([2H])c(-c4c([2H])c([2H])c(C(F)(F)F)c([2H])c4[2H])c([2H])c2[2H])C([2H])([2H])C([2H])(C)C3([2H])[2H])c([2H])c([2H])c1F. The summed E-state index contributed by atoms with van der Waals surface area (Å²) in [5.74, 6) is -9.43. The van der Waals surface area contributed by atoms with Crippen molar-refractivity contribution in [3.63, 3.8) is 0 Å². The summed E-state index contributed by atoms with van der Waals surface area (Å²) in [6.45, 7) is -20.1. The Bertz CT molecular complexity index is 5880. The van der Waals surface area contributed by atoms with Crippen LogP contribution in [-0.4, -0.2) is 103 Å². The van der Waals surface area contributed by atoms with Crippen molar-refractivity contribution < 1.29 is 94.1 Å². The van der Waals surface area contributed by atoms with Crippen molar-refractivity contribution in [2.24, 2.45) is 5.89 Å². The van der Waals surface area contributed by atoms with Crippen molar-refractivity contribution in [1.82, 2.24) is 38.7 Å². The lowest BCUT2D eigenvalue weighted by molar-refractivity contribution is -0.138. The number of halogens is 8. The highest BCUT2D eigenvalue weighted by atomic mass is 32.2. The summed E-state index contributed by atoms with van der Waals surface area (Å²) in [6.07, 6.45) is -16.5. The van der Waals surface area contributed by atoms with Gasteiger partial charge in [0.25, 0.3) is 11.1 Å². The molecule has 2 aromatic heterocycles. The molecule has 2 unspecified atom stereocenters. The zero-order chi connectivity index (χ0) is 101. The first kappa shape index (κ1) is 38.3. The maximum absolute atomic E-state index is 15.4. The third kappa shape index (κ3) is 18.8. The van der Waals surface area contributed by atoms with Crippen LogP contribution in [0.25, 0.3) is 22.3 Å². The highest BCUT2D eigenvalue weighted by molar-refractivity contribution is 7.98. The van der Waals surface area contributed by atoms with Gasteiger partial charge < -0.3 is 28.7 Å². The Morgan fingerprint density at radius 3 is 1.66 bits per heavy atom. The van der Waals surface area contributed by atoms with E-state index in [9.17, 15) is 59.1 Å². The van der Waals surface area contributed by atoms with Crippen molar-refractivity contribution in [1.29, 1.82) is 0 Å². The van der Waals surface area contributed by atoms with E-state index in [0.717, 1.165) is 66.3 Å². The molecule has 0 radical (unpaired) electrons. The van der Waals surface area contributed by atoms with Gasteiger partial charge in [0.1, 0.15) is 24.6 Å². The number of fused-ring (bicyclic) bond motifs is 2. The normalized spacial score (nSPS) is 22.9. The van der Waals surface area contributed by atoms with Crippen LogP contribution in [0.4, 0.5) is 35.1 Å². The molecule has 2 aliphatic carbocycles. The summed E-state index contributed by atoms with van der Waals surface area (Å²) in [5, 5.41) is -2.06. The second-order valence-corrected chi connectivity index (χ2v) is 21.8. The molecule has 12 nitrogen and oxygen atoms in total. The molecule has 6 aromatic carbocycles. The minimum atomic E-state index is -5.50. The zero-order valence-electron chi connectivity index (χ0n) is 87.4. The molecule has 0 bridgehead atoms. The molecule has 2 heterocycles. The molecule has 96 heavy (non-hydrogen) atoms. The molecular weight excluding hydrogens is 1280 g/mol. The highest BCUT2D eigenvalue weighted by Gasteiger charge is 2.33. The summed E-state index contributed by atoms with van der Waals surface area (Å²) in [7, 11) is 0. The van der Waals surface area contributed by atoms with Gasteiger partial charge in [0, 0.05) is 89.9 Å². The monoisotopic (exact) mass is 1400 g/mol. The Labute approximate surface area is 614 Å². The Hall–Kier alpha value is -7.92. The maximum atomic E-state index is 15.4. The van der Waals surface area contributed by atoms with E-state index in [1.807, 2.05) is 0 Å². The van der Waals surface area contributed by atoms with Gasteiger partial charge >= 0.3 is 12.4 Å². The van der Waals surface area contributed by atoms with E-state index in [-0.39, 0.29) is 44.7 Å². The molecule has 0 aliphatic heterocycles. The van der Waals surface area contributed by atoms with Gasteiger partial charge in [-0.3, -0.25) is 19.2 Å². The lowest BCUT2D eigenvalue weighted by atomic mass is 9.99. The quantitative estimate of drug-likeness (QED) is 0.0295. The maximum Gasteiger partial charge on any atom is 0.416 e. The Kier molecular flexibility index (Phi) is 13.1. The summed E-state index contributed by atoms with van der Waals surface area (Å²) < 4.78 is 422. The number of likely N-dealkylation sites (N-methyl/N-ethyl adjacent to an activating group) is 2. The topological polar surface area (TPSA) is 117 Å². The van der Waals surface area contributed by atoms with Crippen LogP contribution in [0.3, 0.4) is 0 Å². The van der Waals surface area contributed by atoms with Gasteiger partial charge in [-0.1, -0.05) is 155 Å². The summed E-state index contributed by atoms with van der Waals surface area (Å²) >= 11 is -0.244. The fourth-order valence-electron chi connectivity index (χ4n) is 9.21. The molecule has 0 N–H and O–H groups in total. The van der Waals surface area contributed by atoms with E-state index in [4.69, 9.17) is 39.8 Å². The predicted octanol–water partition coefficient (Wildman–Crippen LogP) is 15.2. The molecule has 2 aliphatic rings. The number of thioether (sulfide) groups is 2. The molecule has 508 valence electrons. The van der Waals surface area contributed by atoms with Gasteiger partial charge in [0.05, 0.1) is 43.2 Å². The fraction of sp³-hybridized carbons (Fsp3) is 0.378. The number of rotatable bonds is 26. The molecule has 0 fully saturated rings. The second-order valence-electron chi connectivity index (χ2n) is 20.2. The minimum absolute atomic E-state index is 0.0371. The molecule has 2 amide bonds. The smallest absolute Gasteiger partial charge is 0.336 e. The van der Waals surface area contributed by atoms with Gasteiger partial charge in [-0.25, -0.2) is 8.78 Å². The summed E-state index contributed by atoms with van der Waals surface area (Å²) in [4.78, 5) is 66.4. The molecule has 8 aromatic rings. The van der Waals surface area contributed by atoms with Gasteiger partial charge in [0.15, 0.2) is 10.3 Å². The van der Waals surface area contributed by atoms with Crippen LogP contribution in [0.2, 0.25) is 0 Å². The predicted molar refractivity (Wildman–Crippen MR) is 362 cm³/mol. The first-order chi connectivity index (χ1) is 59.6. The number of alkyl halides is 6. The number of nitrogens with zero attached hydrogens (tertiary/aromatic N) is 8. The van der Waals surface area contributed by atoms with Gasteiger partial charge in [0.2, 0.25) is 11.8 Å². The number of hydrogen-bond acceptors (Lipinski definition) is 10. The van der Waals surface area contributed by atoms with Crippen molar-refractivity contribution in [2.75, 3.05) is 52.2 Å². The Morgan fingerprint density at radius 1 is 0.594 bits per heavy atom. The lowest BCUT2D eigenvalue weighted by Crippen LogP contribution is -2.42. The zero-order valence-corrected chi connectivity index (χ0v) is 53.1. The standard InChI is InChI=1S/2C37H40F4N4O2S/c1-4-43(5-2)18-19-44(22-26-6-10-28(11-7-26)29-12-14-30(15-13-29)37(39,40)41)34(46)23-45-33-21-25(3)20-32(33)35(47)42-36(45)48-24-27-8-16-31(38)17-9-27;1-4-43(5-2)21-22-44(25(3)27-11-13-28(14-12-27)29-15-17-30(18-16-29)37(39,40)41)34(46)23-45-33-8-6-7-32(33)35(47)42-36(45)48-24-26-9-19-31(38)20-10-26/h6-17,25H,4-5,18-24H2,1-3H3;9-20,25H,4-8,21-24H2,1-3H3/i4D2,5D2,6D,7D,8D,9D,10D,11D,12D,13D,14D,15D,16D,17D,20D2,21D2,22D2,23D2,24D2,25D;4D2,5D2,23D2,24D2,25D. The average molecular weight is 1400 g/mol. The summed E-state index contributed by atoms with van der Waals surface area (Å²) in [5.41, 5.74) is -18.9. The Morgan fingerprint density at radius 2 is 1.09 bits per heavy atom. The van der Waals surface area contributed by atoms with Crippen LogP contribution in [0.15, 0.2) is 165 Å². The van der Waals surface area contributed by atoms with Gasteiger partial charge in [-0.2, -0.15) is 36.3 Å². The molecular formula is C74H80F8N8O4S2. The molecule has 2 atom stereocenters. The number of carbonyl (C=O) groups excluding carboxylic acids is 2. The number of carbonyl (C=O) groups is 2. The van der Waals surface area contributed by atoms with E-state index in [1.165, 1.54) is 55.5 Å². The molecule has 0 spiro atoms. The Balaban J connectivity index is 0.000000308. The second kappa shape index (κ2) is 32.9. The first-order valence-corrected chi connectivity index (χ1v) is 30.2. The van der Waals surface area contributed by atoms with Crippen molar-refractivity contribution >= 4 is 35.3 Å². The van der Waals surface area contributed by atoms with E-state index in [2.05, 4.69) is 9.97 Å². The average Bonchev–Trinajstić information content (AvgIpc) is 1.51. The number of amides is 2. The van der Waals surface area contributed by atoms with Crippen LogP contribution in [0.5, 0.6) is 0 Å². The van der Waals surface area contributed by atoms with E-state index >= 15 is 4.79 Å². The van der Waals surface area contributed by atoms with Crippen LogP contribution in [0.1, 0.15) is 159 Å². The number of benzene rings is 6. The van der Waals surface area contributed by atoms with Crippen LogP contribution >= 0.6 is 23.5 Å². The molecule has 22 heteroatoms. The third-order valence-electron chi connectivity index (χ3n) is 14.1.